The first-order valence-corrected chi connectivity index (χ1v) is 8.37. The molecule has 0 radical (unpaired) electrons. The number of carbonyl (C=O) groups is 2. The largest absolute Gasteiger partial charge is 0.352 e. The SMILES string of the molecule is Cc1ccc(NC(=O)c2ccc(C(=O)NCCCN(C)C)cc2)cc1. The molecule has 0 aliphatic rings. The fourth-order valence-electron chi connectivity index (χ4n) is 2.31. The van der Waals surface area contributed by atoms with Crippen molar-refractivity contribution in [1.29, 1.82) is 0 Å². The number of rotatable bonds is 7. The van der Waals surface area contributed by atoms with Crippen molar-refractivity contribution in [3.05, 3.63) is 65.2 Å². The van der Waals surface area contributed by atoms with Crippen LogP contribution in [0.2, 0.25) is 0 Å². The number of benzene rings is 2. The van der Waals surface area contributed by atoms with Gasteiger partial charge >= 0.3 is 0 Å². The van der Waals surface area contributed by atoms with Crippen LogP contribution in [0.15, 0.2) is 48.5 Å². The van der Waals surface area contributed by atoms with Gasteiger partial charge in [0.15, 0.2) is 0 Å². The van der Waals surface area contributed by atoms with Crippen LogP contribution in [0.4, 0.5) is 5.69 Å². The molecule has 2 N–H and O–H groups in total. The highest BCUT2D eigenvalue weighted by Gasteiger charge is 2.09. The summed E-state index contributed by atoms with van der Waals surface area (Å²) in [4.78, 5) is 26.4. The zero-order valence-electron chi connectivity index (χ0n) is 15.0. The molecule has 5 nitrogen and oxygen atoms in total. The summed E-state index contributed by atoms with van der Waals surface area (Å²) in [6, 6.07) is 14.3. The van der Waals surface area contributed by atoms with Crippen molar-refractivity contribution >= 4 is 17.5 Å². The first kappa shape index (κ1) is 18.7. The smallest absolute Gasteiger partial charge is 0.255 e. The van der Waals surface area contributed by atoms with Gasteiger partial charge in [0.05, 0.1) is 0 Å². The Morgan fingerprint density at radius 2 is 1.44 bits per heavy atom. The first-order valence-electron chi connectivity index (χ1n) is 8.37. The van der Waals surface area contributed by atoms with Crippen LogP contribution in [0.3, 0.4) is 0 Å². The van der Waals surface area contributed by atoms with Gasteiger partial charge in [-0.2, -0.15) is 0 Å². The number of carbonyl (C=O) groups excluding carboxylic acids is 2. The van der Waals surface area contributed by atoms with Crippen molar-refractivity contribution in [2.24, 2.45) is 0 Å². The Bertz CT molecular complexity index is 707. The Kier molecular flexibility index (Phi) is 6.71. The molecule has 0 aromatic heterocycles. The number of nitrogens with zero attached hydrogens (tertiary/aromatic N) is 1. The molecule has 0 unspecified atom stereocenters. The van der Waals surface area contributed by atoms with Gasteiger partial charge in [-0.15, -0.1) is 0 Å². The van der Waals surface area contributed by atoms with E-state index in [1.807, 2.05) is 45.3 Å². The van der Waals surface area contributed by atoms with Crippen LogP contribution in [0.1, 0.15) is 32.7 Å². The Morgan fingerprint density at radius 1 is 0.880 bits per heavy atom. The second kappa shape index (κ2) is 8.99. The zero-order chi connectivity index (χ0) is 18.2. The standard InChI is InChI=1S/C20H25N3O2/c1-15-5-11-18(12-6-15)22-20(25)17-9-7-16(8-10-17)19(24)21-13-4-14-23(2)3/h5-12H,4,13-14H2,1-3H3,(H,21,24)(H,22,25). The molecular formula is C20H25N3O2. The minimum atomic E-state index is -0.193. The lowest BCUT2D eigenvalue weighted by Crippen LogP contribution is -2.27. The van der Waals surface area contributed by atoms with Gasteiger partial charge in [-0.3, -0.25) is 9.59 Å². The molecule has 132 valence electrons. The fourth-order valence-corrected chi connectivity index (χ4v) is 2.31. The molecule has 2 amide bonds. The van der Waals surface area contributed by atoms with Crippen LogP contribution >= 0.6 is 0 Å². The van der Waals surface area contributed by atoms with E-state index in [1.165, 1.54) is 0 Å². The zero-order valence-corrected chi connectivity index (χ0v) is 15.0. The topological polar surface area (TPSA) is 61.4 Å². The van der Waals surface area contributed by atoms with E-state index < -0.39 is 0 Å². The number of aryl methyl sites for hydroxylation is 1. The van der Waals surface area contributed by atoms with Crippen LogP contribution < -0.4 is 10.6 Å². The monoisotopic (exact) mass is 339 g/mol. The minimum absolute atomic E-state index is 0.121. The second-order valence-electron chi connectivity index (χ2n) is 6.31. The summed E-state index contributed by atoms with van der Waals surface area (Å²) in [5.74, 6) is -0.314. The van der Waals surface area contributed by atoms with Crippen LogP contribution in [0.5, 0.6) is 0 Å². The van der Waals surface area contributed by atoms with E-state index in [1.54, 1.807) is 24.3 Å². The van der Waals surface area contributed by atoms with Crippen molar-refractivity contribution < 1.29 is 9.59 Å². The maximum Gasteiger partial charge on any atom is 0.255 e. The summed E-state index contributed by atoms with van der Waals surface area (Å²) < 4.78 is 0. The number of hydrogen-bond acceptors (Lipinski definition) is 3. The van der Waals surface area contributed by atoms with Crippen LogP contribution in [0, 0.1) is 6.92 Å². The normalized spacial score (nSPS) is 10.6. The van der Waals surface area contributed by atoms with Crippen LogP contribution in [-0.2, 0) is 0 Å². The number of nitrogens with one attached hydrogen (secondary N) is 2. The Labute approximate surface area is 149 Å². The van der Waals surface area contributed by atoms with Crippen molar-refractivity contribution in [2.45, 2.75) is 13.3 Å². The minimum Gasteiger partial charge on any atom is -0.352 e. The highest BCUT2D eigenvalue weighted by atomic mass is 16.2. The van der Waals surface area contributed by atoms with Crippen LogP contribution in [0.25, 0.3) is 0 Å². The molecule has 5 heteroatoms. The van der Waals surface area contributed by atoms with Gasteiger partial charge in [0.25, 0.3) is 11.8 Å². The van der Waals surface area contributed by atoms with E-state index >= 15 is 0 Å². The highest BCUT2D eigenvalue weighted by Crippen LogP contribution is 2.11. The molecule has 0 bridgehead atoms. The molecule has 2 rings (SSSR count). The summed E-state index contributed by atoms with van der Waals surface area (Å²) in [5, 5.41) is 5.72. The predicted octanol–water partition coefficient (Wildman–Crippen LogP) is 2.93. The average molecular weight is 339 g/mol. The van der Waals surface area contributed by atoms with Gasteiger partial charge in [-0.1, -0.05) is 17.7 Å². The Morgan fingerprint density at radius 3 is 2.00 bits per heavy atom. The molecule has 0 aliphatic carbocycles. The molecule has 0 atom stereocenters. The van der Waals surface area contributed by atoms with E-state index in [9.17, 15) is 9.59 Å². The van der Waals surface area contributed by atoms with Crippen molar-refractivity contribution in [3.8, 4) is 0 Å². The maximum atomic E-state index is 12.2. The third-order valence-electron chi connectivity index (χ3n) is 3.79. The maximum absolute atomic E-state index is 12.2. The van der Waals surface area contributed by atoms with Gasteiger partial charge in [-0.05, 0) is 70.4 Å². The van der Waals surface area contributed by atoms with E-state index in [2.05, 4.69) is 15.5 Å². The summed E-state index contributed by atoms with van der Waals surface area (Å²) in [7, 11) is 4.00. The van der Waals surface area contributed by atoms with Crippen LogP contribution in [-0.4, -0.2) is 43.9 Å². The van der Waals surface area contributed by atoms with Crippen molar-refractivity contribution in [2.75, 3.05) is 32.5 Å². The van der Waals surface area contributed by atoms with Gasteiger partial charge in [-0.25, -0.2) is 0 Å². The lowest BCUT2D eigenvalue weighted by Gasteiger charge is -2.10. The molecule has 0 fully saturated rings. The average Bonchev–Trinajstić information content (AvgIpc) is 2.60. The van der Waals surface area contributed by atoms with E-state index in [4.69, 9.17) is 0 Å². The Hall–Kier alpha value is -2.66. The summed E-state index contributed by atoms with van der Waals surface area (Å²) in [6.45, 7) is 3.56. The first-order chi connectivity index (χ1) is 12.0. The van der Waals surface area contributed by atoms with Gasteiger partial charge in [0.2, 0.25) is 0 Å². The fraction of sp³-hybridized carbons (Fsp3) is 0.300. The molecule has 0 aliphatic heterocycles. The van der Waals surface area contributed by atoms with Crippen molar-refractivity contribution in [1.82, 2.24) is 10.2 Å². The lowest BCUT2D eigenvalue weighted by atomic mass is 10.1. The molecule has 0 spiro atoms. The predicted molar refractivity (Wildman–Crippen MR) is 101 cm³/mol. The van der Waals surface area contributed by atoms with E-state index in [0.717, 1.165) is 24.2 Å². The third kappa shape index (κ3) is 6.04. The highest BCUT2D eigenvalue weighted by molar-refractivity contribution is 6.05. The number of hydrogen-bond donors (Lipinski definition) is 2. The van der Waals surface area contributed by atoms with E-state index in [-0.39, 0.29) is 11.8 Å². The van der Waals surface area contributed by atoms with E-state index in [0.29, 0.717) is 17.7 Å². The number of anilines is 1. The summed E-state index contributed by atoms with van der Waals surface area (Å²) in [6.07, 6.45) is 0.899. The van der Waals surface area contributed by atoms with Gasteiger partial charge in [0, 0.05) is 23.4 Å². The quantitative estimate of drug-likeness (QED) is 0.763. The second-order valence-corrected chi connectivity index (χ2v) is 6.31. The molecule has 25 heavy (non-hydrogen) atoms. The molecule has 2 aromatic carbocycles. The third-order valence-corrected chi connectivity index (χ3v) is 3.79. The van der Waals surface area contributed by atoms with Gasteiger partial charge < -0.3 is 15.5 Å². The molecule has 0 saturated carbocycles. The molecular weight excluding hydrogens is 314 g/mol. The summed E-state index contributed by atoms with van der Waals surface area (Å²) >= 11 is 0. The molecule has 0 saturated heterocycles. The van der Waals surface area contributed by atoms with Gasteiger partial charge in [0.1, 0.15) is 0 Å². The van der Waals surface area contributed by atoms with Crippen molar-refractivity contribution in [3.63, 3.8) is 0 Å². The Balaban J connectivity index is 1.89. The summed E-state index contributed by atoms with van der Waals surface area (Å²) in [5.41, 5.74) is 2.96. The number of amides is 2. The molecule has 0 heterocycles. The lowest BCUT2D eigenvalue weighted by molar-refractivity contribution is 0.0950. The molecule has 2 aromatic rings.